The van der Waals surface area contributed by atoms with Crippen LogP contribution < -0.4 is 0 Å². The summed E-state index contributed by atoms with van der Waals surface area (Å²) in [5, 5.41) is 3.58. The van der Waals surface area contributed by atoms with Gasteiger partial charge in [0.1, 0.15) is 12.2 Å². The van der Waals surface area contributed by atoms with Crippen LogP contribution in [-0.2, 0) is 25.6 Å². The molecule has 4 atom stereocenters. The van der Waals surface area contributed by atoms with Gasteiger partial charge >= 0.3 is 0 Å². The second kappa shape index (κ2) is 6.24. The van der Waals surface area contributed by atoms with E-state index in [0.717, 1.165) is 5.56 Å². The van der Waals surface area contributed by atoms with Crippen molar-refractivity contribution < 1.29 is 18.9 Å². The zero-order valence-corrected chi connectivity index (χ0v) is 12.6. The van der Waals surface area contributed by atoms with Gasteiger partial charge < -0.3 is 18.9 Å². The SMILES string of the molecule is CC1(C)O[C@H]2[C@H](OCc3ccccc3)O[C@H](CN=[N+]=[N-])[C@H]2O1. The van der Waals surface area contributed by atoms with E-state index in [4.69, 9.17) is 24.5 Å². The minimum atomic E-state index is -0.692. The van der Waals surface area contributed by atoms with Gasteiger partial charge in [0, 0.05) is 4.91 Å². The summed E-state index contributed by atoms with van der Waals surface area (Å²) in [6.45, 7) is 4.32. The second-order valence-electron chi connectivity index (χ2n) is 5.82. The van der Waals surface area contributed by atoms with E-state index in [1.807, 2.05) is 44.2 Å². The molecule has 1 aromatic carbocycles. The molecule has 2 saturated heterocycles. The van der Waals surface area contributed by atoms with Crippen molar-refractivity contribution >= 4 is 0 Å². The summed E-state index contributed by atoms with van der Waals surface area (Å²) in [5.41, 5.74) is 9.54. The lowest BCUT2D eigenvalue weighted by Gasteiger charge is -2.23. The van der Waals surface area contributed by atoms with Gasteiger partial charge in [-0.2, -0.15) is 0 Å². The van der Waals surface area contributed by atoms with Gasteiger partial charge in [-0.3, -0.25) is 0 Å². The van der Waals surface area contributed by atoms with Crippen LogP contribution in [0.5, 0.6) is 0 Å². The monoisotopic (exact) mass is 305 g/mol. The van der Waals surface area contributed by atoms with Gasteiger partial charge in [0.2, 0.25) is 0 Å². The molecule has 2 fully saturated rings. The number of fused-ring (bicyclic) bond motifs is 1. The predicted molar refractivity (Wildman–Crippen MR) is 77.7 cm³/mol. The van der Waals surface area contributed by atoms with Gasteiger partial charge in [-0.1, -0.05) is 35.4 Å². The molecule has 0 aliphatic carbocycles. The molecule has 7 nitrogen and oxygen atoms in total. The summed E-state index contributed by atoms with van der Waals surface area (Å²) >= 11 is 0. The molecule has 0 radical (unpaired) electrons. The van der Waals surface area contributed by atoms with Gasteiger partial charge in [0.25, 0.3) is 0 Å². The highest BCUT2D eigenvalue weighted by Crippen LogP contribution is 2.39. The summed E-state index contributed by atoms with van der Waals surface area (Å²) in [6.07, 6.45) is -1.51. The van der Waals surface area contributed by atoms with E-state index in [9.17, 15) is 0 Å². The number of ether oxygens (including phenoxy) is 4. The van der Waals surface area contributed by atoms with Gasteiger partial charge in [-0.25, -0.2) is 0 Å². The van der Waals surface area contributed by atoms with Crippen molar-refractivity contribution in [1.82, 2.24) is 0 Å². The van der Waals surface area contributed by atoms with Crippen LogP contribution in [0.1, 0.15) is 19.4 Å². The van der Waals surface area contributed by atoms with Crippen LogP contribution in [0.4, 0.5) is 0 Å². The maximum Gasteiger partial charge on any atom is 0.187 e. The van der Waals surface area contributed by atoms with Gasteiger partial charge in [0.15, 0.2) is 12.1 Å². The third-order valence-electron chi connectivity index (χ3n) is 3.69. The topological polar surface area (TPSA) is 85.7 Å². The molecule has 1 aromatic rings. The number of hydrogen-bond donors (Lipinski definition) is 0. The number of hydrogen-bond acceptors (Lipinski definition) is 5. The predicted octanol–water partition coefficient (Wildman–Crippen LogP) is 2.76. The highest BCUT2D eigenvalue weighted by Gasteiger charge is 2.55. The molecular weight excluding hydrogens is 286 g/mol. The first-order valence-electron chi connectivity index (χ1n) is 7.26. The Morgan fingerprint density at radius 3 is 2.68 bits per heavy atom. The Balaban J connectivity index is 1.67. The summed E-state index contributed by atoms with van der Waals surface area (Å²) in [5.74, 6) is -0.692. The van der Waals surface area contributed by atoms with E-state index >= 15 is 0 Å². The summed E-state index contributed by atoms with van der Waals surface area (Å²) in [7, 11) is 0. The number of nitrogens with zero attached hydrogens (tertiary/aromatic N) is 3. The summed E-state index contributed by atoms with van der Waals surface area (Å²) in [4.78, 5) is 2.78. The molecule has 118 valence electrons. The molecule has 22 heavy (non-hydrogen) atoms. The standard InChI is InChI=1S/C15H19N3O4/c1-15(2)21-12-11(8-17-18-16)20-14(13(12)22-15)19-9-10-6-4-3-5-7-10/h3-7,11-14H,8-9H2,1-2H3/t11-,12-,13-,14-/m1/s1. The molecule has 3 rings (SSSR count). The van der Waals surface area contributed by atoms with Crippen LogP contribution >= 0.6 is 0 Å². The van der Waals surface area contributed by atoms with Crippen molar-refractivity contribution in [2.45, 2.75) is 50.8 Å². The van der Waals surface area contributed by atoms with Crippen molar-refractivity contribution in [3.63, 3.8) is 0 Å². The van der Waals surface area contributed by atoms with Crippen LogP contribution in [0.3, 0.4) is 0 Å². The molecule has 0 amide bonds. The molecule has 0 unspecified atom stereocenters. The molecule has 0 saturated carbocycles. The summed E-state index contributed by atoms with van der Waals surface area (Å²) < 4.78 is 23.4. The Bertz CT molecular complexity index is 559. The Labute approximate surface area is 128 Å². The first-order valence-corrected chi connectivity index (χ1v) is 7.26. The maximum atomic E-state index is 8.49. The Kier molecular flexibility index (Phi) is 4.33. The molecule has 2 heterocycles. The lowest BCUT2D eigenvalue weighted by Crippen LogP contribution is -2.31. The van der Waals surface area contributed by atoms with Crippen LogP contribution in [0.15, 0.2) is 35.4 Å². The van der Waals surface area contributed by atoms with Gasteiger partial charge in [-0.15, -0.1) is 0 Å². The quantitative estimate of drug-likeness (QED) is 0.475. The molecule has 0 bridgehead atoms. The minimum Gasteiger partial charge on any atom is -0.345 e. The molecular formula is C15H19N3O4. The van der Waals surface area contributed by atoms with E-state index < -0.39 is 12.1 Å². The average Bonchev–Trinajstić information content (AvgIpc) is 2.98. The Morgan fingerprint density at radius 2 is 1.95 bits per heavy atom. The highest BCUT2D eigenvalue weighted by atomic mass is 16.8. The zero-order valence-electron chi connectivity index (χ0n) is 12.6. The van der Waals surface area contributed by atoms with Crippen LogP contribution in [0.25, 0.3) is 10.4 Å². The highest BCUT2D eigenvalue weighted by molar-refractivity contribution is 5.13. The molecule has 2 aliphatic rings. The van der Waals surface area contributed by atoms with E-state index in [1.54, 1.807) is 0 Å². The molecule has 2 aliphatic heterocycles. The fourth-order valence-corrected chi connectivity index (χ4v) is 2.79. The van der Waals surface area contributed by atoms with Crippen LogP contribution in [0, 0.1) is 0 Å². The maximum absolute atomic E-state index is 8.49. The van der Waals surface area contributed by atoms with Crippen molar-refractivity contribution in [3.8, 4) is 0 Å². The van der Waals surface area contributed by atoms with Crippen LogP contribution in [-0.4, -0.2) is 36.9 Å². The molecule has 0 N–H and O–H groups in total. The van der Waals surface area contributed by atoms with E-state index in [1.165, 1.54) is 0 Å². The van der Waals surface area contributed by atoms with Gasteiger partial charge in [0.05, 0.1) is 19.3 Å². The van der Waals surface area contributed by atoms with Crippen LogP contribution in [0.2, 0.25) is 0 Å². The third-order valence-corrected chi connectivity index (χ3v) is 3.69. The van der Waals surface area contributed by atoms with E-state index in [2.05, 4.69) is 10.0 Å². The Hall–Kier alpha value is -1.63. The molecule has 0 aromatic heterocycles. The van der Waals surface area contributed by atoms with Gasteiger partial charge in [-0.05, 0) is 24.9 Å². The molecule has 0 spiro atoms. The Morgan fingerprint density at radius 1 is 1.23 bits per heavy atom. The number of rotatable bonds is 5. The van der Waals surface area contributed by atoms with Crippen molar-refractivity contribution in [2.24, 2.45) is 5.11 Å². The van der Waals surface area contributed by atoms with E-state index in [0.29, 0.717) is 6.61 Å². The summed E-state index contributed by atoms with van der Waals surface area (Å²) in [6, 6.07) is 9.84. The fourth-order valence-electron chi connectivity index (χ4n) is 2.79. The minimum absolute atomic E-state index is 0.197. The van der Waals surface area contributed by atoms with Crippen molar-refractivity contribution in [2.75, 3.05) is 6.54 Å². The average molecular weight is 305 g/mol. The van der Waals surface area contributed by atoms with E-state index in [-0.39, 0.29) is 24.9 Å². The first kappa shape index (κ1) is 15.3. The third kappa shape index (κ3) is 3.24. The normalized spacial score (nSPS) is 32.5. The zero-order chi connectivity index (χ0) is 15.6. The van der Waals surface area contributed by atoms with Crippen molar-refractivity contribution in [1.29, 1.82) is 0 Å². The van der Waals surface area contributed by atoms with Crippen molar-refractivity contribution in [3.05, 3.63) is 46.3 Å². The first-order chi connectivity index (χ1) is 10.6. The lowest BCUT2D eigenvalue weighted by atomic mass is 10.1. The molecule has 7 heteroatoms. The second-order valence-corrected chi connectivity index (χ2v) is 5.82. The number of azide groups is 1. The largest absolute Gasteiger partial charge is 0.345 e. The number of benzene rings is 1. The lowest BCUT2D eigenvalue weighted by molar-refractivity contribution is -0.235. The smallest absolute Gasteiger partial charge is 0.187 e. The fraction of sp³-hybridized carbons (Fsp3) is 0.600.